The number of phenolic OH excluding ortho intramolecular Hbond substituents is 1. The van der Waals surface area contributed by atoms with Crippen LogP contribution in [-0.4, -0.2) is 29.0 Å². The van der Waals surface area contributed by atoms with Crippen molar-refractivity contribution >= 4 is 22.8 Å². The average molecular weight is 283 g/mol. The molecule has 0 saturated heterocycles. The van der Waals surface area contributed by atoms with Gasteiger partial charge in [0, 0.05) is 24.7 Å². The van der Waals surface area contributed by atoms with Crippen LogP contribution in [0.5, 0.6) is 5.75 Å². The van der Waals surface area contributed by atoms with E-state index in [1.54, 1.807) is 23.1 Å². The lowest BCUT2D eigenvalue weighted by atomic mass is 10.0. The van der Waals surface area contributed by atoms with E-state index in [4.69, 9.17) is 0 Å². The van der Waals surface area contributed by atoms with E-state index < -0.39 is 0 Å². The zero-order valence-corrected chi connectivity index (χ0v) is 12.5. The summed E-state index contributed by atoms with van der Waals surface area (Å²) in [6, 6.07) is 11.4. The lowest BCUT2D eigenvalue weighted by Crippen LogP contribution is -2.29. The Bertz CT molecular complexity index is 661. The predicted molar refractivity (Wildman–Crippen MR) is 87.2 cm³/mol. The first kappa shape index (κ1) is 15.1. The molecular formula is C18H21NO2. The van der Waals surface area contributed by atoms with Crippen LogP contribution in [0.3, 0.4) is 0 Å². The van der Waals surface area contributed by atoms with Gasteiger partial charge in [-0.25, -0.2) is 0 Å². The molecule has 2 rings (SSSR count). The normalized spacial score (nSPS) is 11.1. The minimum absolute atomic E-state index is 0.0216. The van der Waals surface area contributed by atoms with Gasteiger partial charge in [0.05, 0.1) is 0 Å². The highest BCUT2D eigenvalue weighted by Crippen LogP contribution is 2.28. The summed E-state index contributed by atoms with van der Waals surface area (Å²) < 4.78 is 0. The van der Waals surface area contributed by atoms with Crippen molar-refractivity contribution in [2.24, 2.45) is 0 Å². The fourth-order valence-corrected chi connectivity index (χ4v) is 2.41. The number of fused-ring (bicyclic) bond motifs is 1. The second-order valence-electron chi connectivity index (χ2n) is 4.97. The first-order chi connectivity index (χ1) is 10.2. The summed E-state index contributed by atoms with van der Waals surface area (Å²) in [5.41, 5.74) is 0.689. The van der Waals surface area contributed by atoms with Crippen molar-refractivity contribution in [1.29, 1.82) is 0 Å². The van der Waals surface area contributed by atoms with Crippen molar-refractivity contribution in [3.63, 3.8) is 0 Å². The Morgan fingerprint density at radius 1 is 1.19 bits per heavy atom. The van der Waals surface area contributed by atoms with Gasteiger partial charge < -0.3 is 10.0 Å². The standard InChI is InChI=1S/C18H21NO2/c1-3-13-19(4-2)18(21)12-10-16-15-8-6-5-7-14(15)9-11-17(16)20/h5-12,20H,3-4,13H2,1-2H3/b12-10+. The fourth-order valence-electron chi connectivity index (χ4n) is 2.41. The summed E-state index contributed by atoms with van der Waals surface area (Å²) >= 11 is 0. The van der Waals surface area contributed by atoms with E-state index in [0.29, 0.717) is 12.1 Å². The molecule has 2 aromatic carbocycles. The minimum Gasteiger partial charge on any atom is -0.507 e. The van der Waals surface area contributed by atoms with Crippen molar-refractivity contribution < 1.29 is 9.90 Å². The molecule has 0 unspecified atom stereocenters. The second kappa shape index (κ2) is 6.93. The Hall–Kier alpha value is -2.29. The van der Waals surface area contributed by atoms with Gasteiger partial charge in [-0.15, -0.1) is 0 Å². The number of carbonyl (C=O) groups excluding carboxylic acids is 1. The molecule has 0 radical (unpaired) electrons. The summed E-state index contributed by atoms with van der Waals surface area (Å²) in [7, 11) is 0. The maximum absolute atomic E-state index is 12.1. The molecule has 110 valence electrons. The Balaban J connectivity index is 2.32. The number of phenols is 1. The monoisotopic (exact) mass is 283 g/mol. The van der Waals surface area contributed by atoms with Crippen molar-refractivity contribution in [1.82, 2.24) is 4.90 Å². The van der Waals surface area contributed by atoms with E-state index >= 15 is 0 Å². The zero-order valence-electron chi connectivity index (χ0n) is 12.5. The van der Waals surface area contributed by atoms with Gasteiger partial charge in [-0.1, -0.05) is 37.3 Å². The number of nitrogens with zero attached hydrogens (tertiary/aromatic N) is 1. The Kier molecular flexibility index (Phi) is 4.99. The maximum Gasteiger partial charge on any atom is 0.246 e. The molecule has 1 amide bonds. The summed E-state index contributed by atoms with van der Waals surface area (Å²) in [5, 5.41) is 12.0. The molecule has 0 aliphatic heterocycles. The van der Waals surface area contributed by atoms with Crippen LogP contribution in [-0.2, 0) is 4.79 Å². The number of hydrogen-bond donors (Lipinski definition) is 1. The topological polar surface area (TPSA) is 40.5 Å². The maximum atomic E-state index is 12.1. The largest absolute Gasteiger partial charge is 0.507 e. The zero-order chi connectivity index (χ0) is 15.2. The van der Waals surface area contributed by atoms with Crippen molar-refractivity contribution in [3.05, 3.63) is 48.0 Å². The second-order valence-corrected chi connectivity index (χ2v) is 4.97. The van der Waals surface area contributed by atoms with Crippen molar-refractivity contribution in [3.8, 4) is 5.75 Å². The third kappa shape index (κ3) is 3.43. The Labute approximate surface area is 125 Å². The van der Waals surface area contributed by atoms with Crippen LogP contribution < -0.4 is 0 Å². The summed E-state index contributed by atoms with van der Waals surface area (Å²) in [6.07, 6.45) is 4.19. The molecule has 1 N–H and O–H groups in total. The number of rotatable bonds is 5. The van der Waals surface area contributed by atoms with E-state index in [0.717, 1.165) is 23.7 Å². The Morgan fingerprint density at radius 3 is 2.67 bits per heavy atom. The first-order valence-electron chi connectivity index (χ1n) is 7.35. The van der Waals surface area contributed by atoms with Gasteiger partial charge in [-0.05, 0) is 36.3 Å². The van der Waals surface area contributed by atoms with Crippen LogP contribution in [0.25, 0.3) is 16.8 Å². The molecule has 0 heterocycles. The fraction of sp³-hybridized carbons (Fsp3) is 0.278. The van der Waals surface area contributed by atoms with Gasteiger partial charge in [0.1, 0.15) is 5.75 Å². The summed E-state index contributed by atoms with van der Waals surface area (Å²) in [6.45, 7) is 5.46. The van der Waals surface area contributed by atoms with Crippen LogP contribution in [0.4, 0.5) is 0 Å². The highest BCUT2D eigenvalue weighted by molar-refractivity contribution is 5.98. The van der Waals surface area contributed by atoms with E-state index in [2.05, 4.69) is 6.92 Å². The van der Waals surface area contributed by atoms with Crippen molar-refractivity contribution in [2.45, 2.75) is 20.3 Å². The van der Waals surface area contributed by atoms with Gasteiger partial charge in [-0.3, -0.25) is 4.79 Å². The molecule has 3 nitrogen and oxygen atoms in total. The van der Waals surface area contributed by atoms with Gasteiger partial charge in [0.2, 0.25) is 5.91 Å². The van der Waals surface area contributed by atoms with Gasteiger partial charge in [0.25, 0.3) is 0 Å². The van der Waals surface area contributed by atoms with E-state index in [1.807, 2.05) is 37.3 Å². The molecule has 0 saturated carbocycles. The third-order valence-corrected chi connectivity index (χ3v) is 3.53. The van der Waals surface area contributed by atoms with Crippen LogP contribution in [0.1, 0.15) is 25.8 Å². The highest BCUT2D eigenvalue weighted by atomic mass is 16.3. The molecule has 21 heavy (non-hydrogen) atoms. The smallest absolute Gasteiger partial charge is 0.246 e. The number of carbonyl (C=O) groups is 1. The number of benzene rings is 2. The molecule has 0 atom stereocenters. The van der Waals surface area contributed by atoms with Crippen LogP contribution >= 0.6 is 0 Å². The van der Waals surface area contributed by atoms with E-state index in [-0.39, 0.29) is 11.7 Å². The van der Waals surface area contributed by atoms with Gasteiger partial charge >= 0.3 is 0 Å². The summed E-state index contributed by atoms with van der Waals surface area (Å²) in [4.78, 5) is 13.9. The van der Waals surface area contributed by atoms with Gasteiger partial charge in [-0.2, -0.15) is 0 Å². The number of amides is 1. The molecule has 2 aromatic rings. The molecule has 0 aliphatic rings. The molecule has 3 heteroatoms. The quantitative estimate of drug-likeness (QED) is 0.847. The first-order valence-corrected chi connectivity index (χ1v) is 7.35. The summed E-state index contributed by atoms with van der Waals surface area (Å²) in [5.74, 6) is 0.169. The number of aromatic hydroxyl groups is 1. The van der Waals surface area contributed by atoms with Crippen LogP contribution in [0.15, 0.2) is 42.5 Å². The molecule has 0 bridgehead atoms. The molecular weight excluding hydrogens is 262 g/mol. The van der Waals surface area contributed by atoms with Crippen molar-refractivity contribution in [2.75, 3.05) is 13.1 Å². The van der Waals surface area contributed by atoms with E-state index in [1.165, 1.54) is 0 Å². The SMILES string of the molecule is CCCN(CC)C(=O)/C=C/c1c(O)ccc2ccccc12. The van der Waals surface area contributed by atoms with E-state index in [9.17, 15) is 9.90 Å². The Morgan fingerprint density at radius 2 is 1.95 bits per heavy atom. The highest BCUT2D eigenvalue weighted by Gasteiger charge is 2.08. The molecule has 0 aromatic heterocycles. The van der Waals surface area contributed by atoms with Gasteiger partial charge in [0.15, 0.2) is 0 Å². The molecule has 0 spiro atoms. The van der Waals surface area contributed by atoms with Crippen LogP contribution in [0.2, 0.25) is 0 Å². The predicted octanol–water partition coefficient (Wildman–Crippen LogP) is 3.82. The molecule has 0 fully saturated rings. The number of likely N-dealkylation sites (N-methyl/N-ethyl adjacent to an activating group) is 1. The third-order valence-electron chi connectivity index (χ3n) is 3.53. The van der Waals surface area contributed by atoms with Crippen LogP contribution in [0, 0.1) is 0 Å². The average Bonchev–Trinajstić information content (AvgIpc) is 2.51. The minimum atomic E-state index is -0.0216. The lowest BCUT2D eigenvalue weighted by molar-refractivity contribution is -0.125. The number of hydrogen-bond acceptors (Lipinski definition) is 2. The molecule has 0 aliphatic carbocycles. The lowest BCUT2D eigenvalue weighted by Gasteiger charge is -2.17.